The SMILES string of the molecule is CCOC(=O)O[C@]1(C(=O)O)CCC2[C@@H]3CCC4=CC(=O)C=C[C@]4(C)C3[C@@H](O)C[C@@]21C. The standard InChI is InChI=1S/C23H30O7/c1-4-29-20(28)30-23(19(26)27)10-8-16-15-6-5-13-11-14(24)7-9-21(13,2)18(15)17(25)12-22(16,23)3/h7,9,11,15-18,25H,4-6,8,10,12H2,1-3H3,(H,26,27)/t15-,16?,17-,18?,21-,22-,23-/m0/s1. The first-order valence-corrected chi connectivity index (χ1v) is 10.8. The highest BCUT2D eigenvalue weighted by atomic mass is 16.7. The molecule has 0 saturated heterocycles. The number of carbonyl (C=O) groups excluding carboxylic acids is 2. The van der Waals surface area contributed by atoms with Gasteiger partial charge in [0.2, 0.25) is 5.60 Å². The fourth-order valence-electron chi connectivity index (χ4n) is 7.17. The average Bonchev–Trinajstić information content (AvgIpc) is 2.95. The molecule has 7 atom stereocenters. The Bertz CT molecular complexity index is 844. The molecule has 2 unspecified atom stereocenters. The van der Waals surface area contributed by atoms with E-state index in [1.807, 2.05) is 13.0 Å². The molecular formula is C23H30O7. The molecule has 0 spiro atoms. The first-order valence-electron chi connectivity index (χ1n) is 10.8. The Hall–Kier alpha value is -2.15. The van der Waals surface area contributed by atoms with Crippen molar-refractivity contribution in [2.45, 2.75) is 64.6 Å². The van der Waals surface area contributed by atoms with Crippen molar-refractivity contribution in [3.8, 4) is 0 Å². The number of carbonyl (C=O) groups is 3. The predicted octanol–water partition coefficient (Wildman–Crippen LogP) is 3.26. The van der Waals surface area contributed by atoms with E-state index in [9.17, 15) is 24.6 Å². The smallest absolute Gasteiger partial charge is 0.478 e. The van der Waals surface area contributed by atoms with Crippen molar-refractivity contribution in [3.63, 3.8) is 0 Å². The summed E-state index contributed by atoms with van der Waals surface area (Å²) in [6.07, 6.45) is 5.98. The third-order valence-corrected chi connectivity index (χ3v) is 8.48. The summed E-state index contributed by atoms with van der Waals surface area (Å²) in [6.45, 7) is 5.64. The van der Waals surface area contributed by atoms with Gasteiger partial charge in [0, 0.05) is 16.7 Å². The molecule has 0 aromatic heterocycles. The van der Waals surface area contributed by atoms with Gasteiger partial charge in [0.25, 0.3) is 0 Å². The number of carboxylic acids is 1. The van der Waals surface area contributed by atoms with Gasteiger partial charge in [-0.1, -0.05) is 25.5 Å². The molecule has 7 heteroatoms. The number of aliphatic carboxylic acids is 1. The number of hydrogen-bond acceptors (Lipinski definition) is 6. The molecular weight excluding hydrogens is 388 g/mol. The van der Waals surface area contributed by atoms with Crippen molar-refractivity contribution in [2.75, 3.05) is 6.61 Å². The van der Waals surface area contributed by atoms with Crippen LogP contribution in [0.15, 0.2) is 23.8 Å². The van der Waals surface area contributed by atoms with Crippen LogP contribution < -0.4 is 0 Å². The van der Waals surface area contributed by atoms with Gasteiger partial charge in [-0.15, -0.1) is 0 Å². The number of rotatable bonds is 3. The summed E-state index contributed by atoms with van der Waals surface area (Å²) in [6, 6.07) is 0. The van der Waals surface area contributed by atoms with Gasteiger partial charge in [-0.05, 0) is 63.0 Å². The number of carboxylic acid groups (broad SMARTS) is 1. The highest BCUT2D eigenvalue weighted by Crippen LogP contribution is 2.67. The van der Waals surface area contributed by atoms with Crippen LogP contribution in [0, 0.1) is 28.6 Å². The maximum atomic E-state index is 12.4. The molecule has 0 heterocycles. The Morgan fingerprint density at radius 3 is 2.67 bits per heavy atom. The van der Waals surface area contributed by atoms with Gasteiger partial charge in [-0.2, -0.15) is 0 Å². The number of allylic oxidation sites excluding steroid dienone is 4. The van der Waals surface area contributed by atoms with Crippen molar-refractivity contribution in [1.82, 2.24) is 0 Å². The van der Waals surface area contributed by atoms with Crippen molar-refractivity contribution < 1.29 is 34.1 Å². The first kappa shape index (κ1) is 21.1. The minimum Gasteiger partial charge on any atom is -0.478 e. The molecule has 4 aliphatic rings. The molecule has 0 aliphatic heterocycles. The number of hydrogen-bond donors (Lipinski definition) is 2. The summed E-state index contributed by atoms with van der Waals surface area (Å²) in [5.74, 6) is -1.25. The predicted molar refractivity (Wildman–Crippen MR) is 106 cm³/mol. The maximum Gasteiger partial charge on any atom is 0.509 e. The fourth-order valence-corrected chi connectivity index (χ4v) is 7.17. The van der Waals surface area contributed by atoms with Gasteiger partial charge < -0.3 is 19.7 Å². The third-order valence-electron chi connectivity index (χ3n) is 8.48. The molecule has 4 aliphatic carbocycles. The molecule has 0 aromatic carbocycles. The van der Waals surface area contributed by atoms with Crippen LogP contribution in [-0.2, 0) is 19.1 Å². The molecule has 0 radical (unpaired) electrons. The highest BCUT2D eigenvalue weighted by molar-refractivity contribution is 6.01. The van der Waals surface area contributed by atoms with Gasteiger partial charge in [-0.25, -0.2) is 9.59 Å². The van der Waals surface area contributed by atoms with Crippen LogP contribution in [0.1, 0.15) is 52.9 Å². The third kappa shape index (κ3) is 2.70. The first-order chi connectivity index (χ1) is 14.1. The summed E-state index contributed by atoms with van der Waals surface area (Å²) < 4.78 is 10.4. The lowest BCUT2D eigenvalue weighted by molar-refractivity contribution is -0.196. The highest BCUT2D eigenvalue weighted by Gasteiger charge is 2.71. The second-order valence-corrected chi connectivity index (χ2v) is 9.67. The van der Waals surface area contributed by atoms with E-state index in [1.54, 1.807) is 19.1 Å². The molecule has 164 valence electrons. The number of fused-ring (bicyclic) bond motifs is 5. The Morgan fingerprint density at radius 2 is 2.00 bits per heavy atom. The lowest BCUT2D eigenvalue weighted by atomic mass is 9.46. The fraction of sp³-hybridized carbons (Fsp3) is 0.696. The minimum atomic E-state index is -1.72. The molecule has 3 saturated carbocycles. The van der Waals surface area contributed by atoms with Crippen LogP contribution in [0.3, 0.4) is 0 Å². The van der Waals surface area contributed by atoms with E-state index in [1.165, 1.54) is 0 Å². The van der Waals surface area contributed by atoms with Gasteiger partial charge in [-0.3, -0.25) is 4.79 Å². The van der Waals surface area contributed by atoms with Crippen LogP contribution in [-0.4, -0.2) is 46.4 Å². The van der Waals surface area contributed by atoms with Gasteiger partial charge in [0.05, 0.1) is 12.7 Å². The zero-order valence-electron chi connectivity index (χ0n) is 17.7. The van der Waals surface area contributed by atoms with Crippen LogP contribution in [0.25, 0.3) is 0 Å². The lowest BCUT2D eigenvalue weighted by Crippen LogP contribution is -2.62. The second kappa shape index (κ2) is 6.94. The van der Waals surface area contributed by atoms with Crippen molar-refractivity contribution in [3.05, 3.63) is 23.8 Å². The molecule has 30 heavy (non-hydrogen) atoms. The van der Waals surface area contributed by atoms with E-state index < -0.39 is 34.7 Å². The Balaban J connectivity index is 1.72. The summed E-state index contributed by atoms with van der Waals surface area (Å²) in [7, 11) is 0. The zero-order valence-corrected chi connectivity index (χ0v) is 17.7. The molecule has 0 bridgehead atoms. The number of ether oxygens (including phenoxy) is 2. The molecule has 3 fully saturated rings. The Kier molecular flexibility index (Phi) is 4.88. The van der Waals surface area contributed by atoms with E-state index in [4.69, 9.17) is 9.47 Å². The van der Waals surface area contributed by atoms with E-state index in [0.29, 0.717) is 6.42 Å². The van der Waals surface area contributed by atoms with Crippen molar-refractivity contribution in [1.29, 1.82) is 0 Å². The monoisotopic (exact) mass is 418 g/mol. The largest absolute Gasteiger partial charge is 0.509 e. The van der Waals surface area contributed by atoms with Crippen LogP contribution in [0.2, 0.25) is 0 Å². The summed E-state index contributed by atoms with van der Waals surface area (Å²) in [5.41, 5.74) is -2.00. The molecule has 7 nitrogen and oxygen atoms in total. The van der Waals surface area contributed by atoms with Crippen molar-refractivity contribution in [2.24, 2.45) is 28.6 Å². The van der Waals surface area contributed by atoms with Gasteiger partial charge in [0.15, 0.2) is 5.78 Å². The Labute approximate surface area is 176 Å². The number of ketones is 1. The van der Waals surface area contributed by atoms with Crippen LogP contribution >= 0.6 is 0 Å². The van der Waals surface area contributed by atoms with Gasteiger partial charge >= 0.3 is 12.1 Å². The van der Waals surface area contributed by atoms with E-state index in [2.05, 4.69) is 6.92 Å². The number of aliphatic hydroxyl groups excluding tert-OH is 1. The summed E-state index contributed by atoms with van der Waals surface area (Å²) >= 11 is 0. The van der Waals surface area contributed by atoms with Crippen LogP contribution in [0.4, 0.5) is 4.79 Å². The van der Waals surface area contributed by atoms with Gasteiger partial charge in [0.1, 0.15) is 0 Å². The summed E-state index contributed by atoms with van der Waals surface area (Å²) in [5, 5.41) is 21.5. The normalized spacial score (nSPS) is 44.4. The quantitative estimate of drug-likeness (QED) is 0.677. The summed E-state index contributed by atoms with van der Waals surface area (Å²) in [4.78, 5) is 36.5. The molecule has 2 N–H and O–H groups in total. The van der Waals surface area contributed by atoms with E-state index in [-0.39, 0.29) is 43.0 Å². The molecule has 0 amide bonds. The van der Waals surface area contributed by atoms with Crippen molar-refractivity contribution >= 4 is 17.9 Å². The Morgan fingerprint density at radius 1 is 1.27 bits per heavy atom. The van der Waals surface area contributed by atoms with E-state index >= 15 is 0 Å². The van der Waals surface area contributed by atoms with Crippen LogP contribution in [0.5, 0.6) is 0 Å². The average molecular weight is 418 g/mol. The molecule has 0 aromatic rings. The molecule has 4 rings (SSSR count). The zero-order chi connectivity index (χ0) is 21.9. The number of aliphatic hydroxyl groups is 1. The topological polar surface area (TPSA) is 110 Å². The minimum absolute atomic E-state index is 0.0131. The van der Waals surface area contributed by atoms with E-state index in [0.717, 1.165) is 18.4 Å². The maximum absolute atomic E-state index is 12.4. The second-order valence-electron chi connectivity index (χ2n) is 9.67. The lowest BCUT2D eigenvalue weighted by Gasteiger charge is -2.59.